The first-order valence-corrected chi connectivity index (χ1v) is 6.97. The first kappa shape index (κ1) is 14.6. The zero-order valence-electron chi connectivity index (χ0n) is 12.7. The molecular formula is C16H23N3O. The van der Waals surface area contributed by atoms with Crippen molar-refractivity contribution in [2.24, 2.45) is 0 Å². The molecule has 4 heteroatoms. The number of ether oxygens (including phenoxy) is 1. The van der Waals surface area contributed by atoms with E-state index in [4.69, 9.17) is 4.74 Å². The molecule has 0 spiro atoms. The van der Waals surface area contributed by atoms with E-state index in [-0.39, 0.29) is 0 Å². The first-order valence-electron chi connectivity index (χ1n) is 6.97. The van der Waals surface area contributed by atoms with Gasteiger partial charge in [-0.3, -0.25) is 4.68 Å². The summed E-state index contributed by atoms with van der Waals surface area (Å²) in [5.74, 6) is 0.911. The molecule has 20 heavy (non-hydrogen) atoms. The lowest BCUT2D eigenvalue weighted by atomic mass is 10.1. The Bertz CT molecular complexity index is 561. The maximum absolute atomic E-state index is 5.43. The van der Waals surface area contributed by atoms with Gasteiger partial charge in [-0.25, -0.2) is 0 Å². The van der Waals surface area contributed by atoms with Crippen LogP contribution in [0.2, 0.25) is 0 Å². The Hall–Kier alpha value is -1.81. The van der Waals surface area contributed by atoms with Gasteiger partial charge in [-0.15, -0.1) is 0 Å². The van der Waals surface area contributed by atoms with Gasteiger partial charge in [-0.1, -0.05) is 31.5 Å². The first-order chi connectivity index (χ1) is 9.60. The van der Waals surface area contributed by atoms with E-state index in [0.29, 0.717) is 6.04 Å². The summed E-state index contributed by atoms with van der Waals surface area (Å²) in [6, 6.07) is 8.75. The van der Waals surface area contributed by atoms with Crippen molar-refractivity contribution in [2.75, 3.05) is 7.11 Å². The number of hydrogen-bond donors (Lipinski definition) is 1. The van der Waals surface area contributed by atoms with Crippen molar-refractivity contribution in [3.63, 3.8) is 0 Å². The molecule has 0 saturated carbocycles. The van der Waals surface area contributed by atoms with Gasteiger partial charge in [0.1, 0.15) is 5.75 Å². The van der Waals surface area contributed by atoms with Crippen molar-refractivity contribution >= 4 is 0 Å². The summed E-state index contributed by atoms with van der Waals surface area (Å²) in [6.07, 6.45) is 1.85. The summed E-state index contributed by atoms with van der Waals surface area (Å²) < 4.78 is 7.45. The van der Waals surface area contributed by atoms with Crippen LogP contribution in [0.4, 0.5) is 0 Å². The summed E-state index contributed by atoms with van der Waals surface area (Å²) in [4.78, 5) is 0. The molecule has 0 aliphatic rings. The molecule has 1 aromatic heterocycles. The lowest BCUT2D eigenvalue weighted by molar-refractivity contribution is 0.406. The average Bonchev–Trinajstić information content (AvgIpc) is 2.84. The predicted molar refractivity (Wildman–Crippen MR) is 81.0 cm³/mol. The number of hydrogen-bond acceptors (Lipinski definition) is 3. The Kier molecular flexibility index (Phi) is 4.79. The zero-order chi connectivity index (χ0) is 14.5. The van der Waals surface area contributed by atoms with E-state index in [1.807, 2.05) is 16.9 Å². The number of nitrogens with zero attached hydrogens (tertiary/aromatic N) is 2. The second kappa shape index (κ2) is 6.57. The summed E-state index contributed by atoms with van der Waals surface area (Å²) >= 11 is 0. The van der Waals surface area contributed by atoms with Crippen LogP contribution in [-0.2, 0) is 13.1 Å². The molecule has 0 saturated heterocycles. The van der Waals surface area contributed by atoms with Crippen LogP contribution in [-0.4, -0.2) is 22.9 Å². The Morgan fingerprint density at radius 2 is 2.10 bits per heavy atom. The third-order valence-corrected chi connectivity index (χ3v) is 3.25. The van der Waals surface area contributed by atoms with Crippen LogP contribution in [0.25, 0.3) is 0 Å². The number of nitrogens with one attached hydrogen (secondary N) is 1. The monoisotopic (exact) mass is 273 g/mol. The molecule has 1 heterocycles. The van der Waals surface area contributed by atoms with Crippen LogP contribution < -0.4 is 10.1 Å². The summed E-state index contributed by atoms with van der Waals surface area (Å²) in [5.41, 5.74) is 3.57. The summed E-state index contributed by atoms with van der Waals surface area (Å²) in [6.45, 7) is 7.93. The molecule has 1 aromatic carbocycles. The highest BCUT2D eigenvalue weighted by molar-refractivity contribution is 5.37. The smallest absolute Gasteiger partial charge is 0.123 e. The van der Waals surface area contributed by atoms with Crippen LogP contribution >= 0.6 is 0 Å². The fraction of sp³-hybridized carbons (Fsp3) is 0.438. The van der Waals surface area contributed by atoms with E-state index in [2.05, 4.69) is 49.4 Å². The Labute approximate surface area is 120 Å². The lowest BCUT2D eigenvalue weighted by Crippen LogP contribution is -2.24. The van der Waals surface area contributed by atoms with E-state index in [9.17, 15) is 0 Å². The van der Waals surface area contributed by atoms with Gasteiger partial charge in [0.15, 0.2) is 0 Å². The Morgan fingerprint density at radius 1 is 1.30 bits per heavy atom. The molecule has 2 rings (SSSR count). The van der Waals surface area contributed by atoms with Crippen LogP contribution in [0, 0.1) is 6.92 Å². The second-order valence-electron chi connectivity index (χ2n) is 5.33. The largest absolute Gasteiger partial charge is 0.496 e. The molecule has 0 radical (unpaired) electrons. The van der Waals surface area contributed by atoms with E-state index in [1.54, 1.807) is 7.11 Å². The van der Waals surface area contributed by atoms with E-state index < -0.39 is 0 Å². The van der Waals surface area contributed by atoms with Crippen molar-refractivity contribution in [1.29, 1.82) is 0 Å². The number of aromatic nitrogens is 2. The molecule has 0 amide bonds. The minimum Gasteiger partial charge on any atom is -0.496 e. The van der Waals surface area contributed by atoms with Crippen LogP contribution in [0.5, 0.6) is 5.75 Å². The number of benzene rings is 1. The topological polar surface area (TPSA) is 39.1 Å². The van der Waals surface area contributed by atoms with Gasteiger partial charge < -0.3 is 10.1 Å². The van der Waals surface area contributed by atoms with Crippen molar-refractivity contribution in [3.8, 4) is 5.75 Å². The highest BCUT2D eigenvalue weighted by Gasteiger charge is 2.08. The number of aryl methyl sites for hydroxylation is 1. The standard InChI is InChI=1S/C16H23N3O/c1-12(2)17-10-15-7-8-18-19(15)11-14-9-13(3)5-6-16(14)20-4/h5-9,12,17H,10-11H2,1-4H3. The van der Waals surface area contributed by atoms with Crippen LogP contribution in [0.15, 0.2) is 30.5 Å². The van der Waals surface area contributed by atoms with Crippen LogP contribution in [0.3, 0.4) is 0 Å². The normalized spacial score (nSPS) is 11.1. The molecular weight excluding hydrogens is 250 g/mol. The molecule has 0 bridgehead atoms. The highest BCUT2D eigenvalue weighted by Crippen LogP contribution is 2.21. The molecule has 0 unspecified atom stereocenters. The molecule has 108 valence electrons. The van der Waals surface area contributed by atoms with Gasteiger partial charge >= 0.3 is 0 Å². The second-order valence-corrected chi connectivity index (χ2v) is 5.33. The lowest BCUT2D eigenvalue weighted by Gasteiger charge is -2.13. The number of rotatable bonds is 6. The van der Waals surface area contributed by atoms with Gasteiger partial charge in [0, 0.05) is 24.3 Å². The molecule has 1 N–H and O–H groups in total. The van der Waals surface area contributed by atoms with Crippen LogP contribution in [0.1, 0.15) is 30.7 Å². The Balaban J connectivity index is 2.18. The average molecular weight is 273 g/mol. The van der Waals surface area contributed by atoms with Gasteiger partial charge in [0.05, 0.1) is 19.3 Å². The van der Waals surface area contributed by atoms with Crippen molar-refractivity contribution < 1.29 is 4.74 Å². The van der Waals surface area contributed by atoms with Gasteiger partial charge in [0.25, 0.3) is 0 Å². The molecule has 0 aliphatic carbocycles. The Morgan fingerprint density at radius 3 is 2.80 bits per heavy atom. The quantitative estimate of drug-likeness (QED) is 0.879. The number of methoxy groups -OCH3 is 1. The predicted octanol–water partition coefficient (Wildman–Crippen LogP) is 2.75. The summed E-state index contributed by atoms with van der Waals surface area (Å²) in [5, 5.41) is 7.84. The molecule has 0 atom stereocenters. The molecule has 0 fully saturated rings. The minimum atomic E-state index is 0.465. The van der Waals surface area contributed by atoms with E-state index >= 15 is 0 Å². The van der Waals surface area contributed by atoms with Crippen molar-refractivity contribution in [3.05, 3.63) is 47.3 Å². The molecule has 4 nitrogen and oxygen atoms in total. The SMILES string of the molecule is COc1ccc(C)cc1Cn1nccc1CNC(C)C. The third kappa shape index (κ3) is 3.61. The minimum absolute atomic E-state index is 0.465. The molecule has 2 aromatic rings. The van der Waals surface area contributed by atoms with Gasteiger partial charge in [-0.05, 0) is 19.1 Å². The maximum Gasteiger partial charge on any atom is 0.123 e. The third-order valence-electron chi connectivity index (χ3n) is 3.25. The van der Waals surface area contributed by atoms with E-state index in [1.165, 1.54) is 11.3 Å². The zero-order valence-corrected chi connectivity index (χ0v) is 12.7. The molecule has 0 aliphatic heterocycles. The van der Waals surface area contributed by atoms with Crippen molar-refractivity contribution in [2.45, 2.75) is 39.9 Å². The highest BCUT2D eigenvalue weighted by atomic mass is 16.5. The van der Waals surface area contributed by atoms with Crippen molar-refractivity contribution in [1.82, 2.24) is 15.1 Å². The maximum atomic E-state index is 5.43. The van der Waals surface area contributed by atoms with Gasteiger partial charge in [-0.2, -0.15) is 5.10 Å². The summed E-state index contributed by atoms with van der Waals surface area (Å²) in [7, 11) is 1.71. The fourth-order valence-electron chi connectivity index (χ4n) is 2.15. The van der Waals surface area contributed by atoms with Gasteiger partial charge in [0.2, 0.25) is 0 Å². The fourth-order valence-corrected chi connectivity index (χ4v) is 2.15. The van der Waals surface area contributed by atoms with E-state index in [0.717, 1.165) is 24.4 Å².